The number of likely N-dealkylation sites (N-methyl/N-ethyl adjacent to an activating group) is 1. The van der Waals surface area contributed by atoms with Crippen LogP contribution in [0.5, 0.6) is 0 Å². The quantitative estimate of drug-likeness (QED) is 0.855. The second-order valence-electron chi connectivity index (χ2n) is 4.94. The van der Waals surface area contributed by atoms with Crippen LogP contribution in [0.25, 0.3) is 0 Å². The summed E-state index contributed by atoms with van der Waals surface area (Å²) in [6, 6.07) is 17.9. The molecule has 0 aliphatic carbocycles. The summed E-state index contributed by atoms with van der Waals surface area (Å²) in [6.07, 6.45) is 1.03. The van der Waals surface area contributed by atoms with Gasteiger partial charge in [-0.05, 0) is 38.4 Å². The first-order valence-corrected chi connectivity index (χ1v) is 6.48. The summed E-state index contributed by atoms with van der Waals surface area (Å²) in [4.78, 5) is 0. The highest BCUT2D eigenvalue weighted by atomic mass is 14.9. The molecule has 1 unspecified atom stereocenters. The van der Waals surface area contributed by atoms with Gasteiger partial charge in [-0.15, -0.1) is 0 Å². The van der Waals surface area contributed by atoms with Gasteiger partial charge in [0, 0.05) is 6.04 Å². The molecule has 1 nitrogen and oxygen atoms in total. The van der Waals surface area contributed by atoms with Crippen LogP contribution in [-0.4, -0.2) is 7.05 Å². The van der Waals surface area contributed by atoms with Crippen molar-refractivity contribution in [3.63, 3.8) is 0 Å². The van der Waals surface area contributed by atoms with E-state index in [4.69, 9.17) is 0 Å². The van der Waals surface area contributed by atoms with Crippen molar-refractivity contribution in [3.8, 4) is 0 Å². The number of nitrogens with one attached hydrogen (secondary N) is 1. The van der Waals surface area contributed by atoms with E-state index < -0.39 is 0 Å². The fourth-order valence-corrected chi connectivity index (χ4v) is 2.15. The Labute approximate surface area is 110 Å². The van der Waals surface area contributed by atoms with E-state index in [1.54, 1.807) is 0 Å². The predicted molar refractivity (Wildman–Crippen MR) is 77.9 cm³/mol. The van der Waals surface area contributed by atoms with Crippen molar-refractivity contribution in [1.82, 2.24) is 5.32 Å². The molecule has 0 fully saturated rings. The van der Waals surface area contributed by atoms with E-state index in [1.165, 1.54) is 22.3 Å². The molecule has 0 spiro atoms. The number of hydrogen-bond donors (Lipinski definition) is 1. The summed E-state index contributed by atoms with van der Waals surface area (Å²) >= 11 is 0. The molecule has 1 heteroatoms. The number of benzene rings is 2. The number of aryl methyl sites for hydroxylation is 2. The van der Waals surface area contributed by atoms with Crippen molar-refractivity contribution in [2.75, 3.05) is 7.05 Å². The highest BCUT2D eigenvalue weighted by Gasteiger charge is 2.09. The molecule has 1 N–H and O–H groups in total. The van der Waals surface area contributed by atoms with E-state index in [0.29, 0.717) is 6.04 Å². The van der Waals surface area contributed by atoms with Crippen LogP contribution in [0.1, 0.15) is 28.3 Å². The normalized spacial score (nSPS) is 12.4. The molecule has 94 valence electrons. The van der Waals surface area contributed by atoms with Gasteiger partial charge in [0.05, 0.1) is 0 Å². The Morgan fingerprint density at radius 3 is 1.83 bits per heavy atom. The maximum Gasteiger partial charge on any atom is 0.0358 e. The van der Waals surface area contributed by atoms with E-state index in [1.807, 2.05) is 7.05 Å². The van der Waals surface area contributed by atoms with Gasteiger partial charge in [-0.3, -0.25) is 0 Å². The largest absolute Gasteiger partial charge is 0.313 e. The Morgan fingerprint density at radius 1 is 0.833 bits per heavy atom. The topological polar surface area (TPSA) is 12.0 Å². The lowest BCUT2D eigenvalue weighted by Gasteiger charge is -2.17. The average molecular weight is 239 g/mol. The van der Waals surface area contributed by atoms with Gasteiger partial charge in [-0.25, -0.2) is 0 Å². The van der Waals surface area contributed by atoms with Gasteiger partial charge in [0.15, 0.2) is 0 Å². The second kappa shape index (κ2) is 5.83. The molecule has 0 radical (unpaired) electrons. The lowest BCUT2D eigenvalue weighted by Crippen LogP contribution is -2.18. The van der Waals surface area contributed by atoms with Gasteiger partial charge in [-0.1, -0.05) is 59.7 Å². The molecule has 18 heavy (non-hydrogen) atoms. The summed E-state index contributed by atoms with van der Waals surface area (Å²) in [7, 11) is 2.03. The van der Waals surface area contributed by atoms with Gasteiger partial charge in [0.2, 0.25) is 0 Å². The third-order valence-corrected chi connectivity index (χ3v) is 3.39. The molecule has 0 bridgehead atoms. The summed E-state index contributed by atoms with van der Waals surface area (Å²) in [5, 5.41) is 3.40. The van der Waals surface area contributed by atoms with Crippen LogP contribution in [0.2, 0.25) is 0 Å². The lowest BCUT2D eigenvalue weighted by molar-refractivity contribution is 0.592. The zero-order valence-corrected chi connectivity index (χ0v) is 11.4. The second-order valence-corrected chi connectivity index (χ2v) is 4.94. The molecular weight excluding hydrogens is 218 g/mol. The Bertz CT molecular complexity index is 482. The van der Waals surface area contributed by atoms with Crippen molar-refractivity contribution in [2.24, 2.45) is 0 Å². The summed E-state index contributed by atoms with van der Waals surface area (Å²) in [5.74, 6) is 0. The van der Waals surface area contributed by atoms with Crippen molar-refractivity contribution >= 4 is 0 Å². The highest BCUT2D eigenvalue weighted by Crippen LogP contribution is 2.19. The van der Waals surface area contributed by atoms with Crippen LogP contribution in [0.15, 0.2) is 48.5 Å². The van der Waals surface area contributed by atoms with E-state index in [2.05, 4.69) is 67.7 Å². The smallest absolute Gasteiger partial charge is 0.0358 e. The third-order valence-electron chi connectivity index (χ3n) is 3.39. The van der Waals surface area contributed by atoms with E-state index in [-0.39, 0.29) is 0 Å². The SMILES string of the molecule is CNC(Cc1ccc(C)cc1)c1ccc(C)cc1. The Morgan fingerprint density at radius 2 is 1.33 bits per heavy atom. The lowest BCUT2D eigenvalue weighted by atomic mass is 9.98. The Balaban J connectivity index is 2.14. The number of rotatable bonds is 4. The van der Waals surface area contributed by atoms with E-state index in [0.717, 1.165) is 6.42 Å². The van der Waals surface area contributed by atoms with Crippen LogP contribution in [0.3, 0.4) is 0 Å². The average Bonchev–Trinajstić information content (AvgIpc) is 2.39. The van der Waals surface area contributed by atoms with E-state index in [9.17, 15) is 0 Å². The molecule has 0 aliphatic rings. The van der Waals surface area contributed by atoms with Crippen molar-refractivity contribution in [1.29, 1.82) is 0 Å². The molecule has 0 saturated heterocycles. The van der Waals surface area contributed by atoms with Crippen LogP contribution < -0.4 is 5.32 Å². The van der Waals surface area contributed by atoms with Crippen molar-refractivity contribution < 1.29 is 0 Å². The fourth-order valence-electron chi connectivity index (χ4n) is 2.15. The first-order chi connectivity index (χ1) is 8.69. The summed E-state index contributed by atoms with van der Waals surface area (Å²) in [5.41, 5.74) is 5.35. The monoisotopic (exact) mass is 239 g/mol. The molecule has 2 rings (SSSR count). The van der Waals surface area contributed by atoms with Gasteiger partial charge >= 0.3 is 0 Å². The molecule has 2 aromatic carbocycles. The standard InChI is InChI=1S/C17H21N/c1-13-4-8-15(9-5-13)12-17(18-3)16-10-6-14(2)7-11-16/h4-11,17-18H,12H2,1-3H3. The molecular formula is C17H21N. The minimum absolute atomic E-state index is 0.383. The van der Waals surface area contributed by atoms with Crippen molar-refractivity contribution in [2.45, 2.75) is 26.3 Å². The van der Waals surface area contributed by atoms with Crippen molar-refractivity contribution in [3.05, 3.63) is 70.8 Å². The Hall–Kier alpha value is -1.60. The third kappa shape index (κ3) is 3.21. The molecule has 0 aromatic heterocycles. The van der Waals surface area contributed by atoms with Gasteiger partial charge in [0.1, 0.15) is 0 Å². The zero-order chi connectivity index (χ0) is 13.0. The minimum atomic E-state index is 0.383. The van der Waals surface area contributed by atoms with Crippen LogP contribution in [0.4, 0.5) is 0 Å². The summed E-state index contributed by atoms with van der Waals surface area (Å²) < 4.78 is 0. The minimum Gasteiger partial charge on any atom is -0.313 e. The molecule has 2 aromatic rings. The molecule has 0 heterocycles. The number of hydrogen-bond acceptors (Lipinski definition) is 1. The predicted octanol–water partition coefficient (Wildman–Crippen LogP) is 3.81. The van der Waals surface area contributed by atoms with Gasteiger partial charge in [-0.2, -0.15) is 0 Å². The molecule has 1 atom stereocenters. The van der Waals surface area contributed by atoms with Crippen LogP contribution >= 0.6 is 0 Å². The van der Waals surface area contributed by atoms with Gasteiger partial charge in [0.25, 0.3) is 0 Å². The molecule has 0 amide bonds. The first-order valence-electron chi connectivity index (χ1n) is 6.48. The zero-order valence-electron chi connectivity index (χ0n) is 11.4. The maximum atomic E-state index is 3.40. The van der Waals surface area contributed by atoms with E-state index >= 15 is 0 Å². The fraction of sp³-hybridized carbons (Fsp3) is 0.294. The first kappa shape index (κ1) is 12.8. The molecule has 0 aliphatic heterocycles. The van der Waals surface area contributed by atoms with Crippen LogP contribution in [-0.2, 0) is 6.42 Å². The van der Waals surface area contributed by atoms with Crippen LogP contribution in [0, 0.1) is 13.8 Å². The maximum absolute atomic E-state index is 3.40. The molecule has 0 saturated carbocycles. The Kier molecular flexibility index (Phi) is 4.16. The summed E-state index contributed by atoms with van der Waals surface area (Å²) in [6.45, 7) is 4.25. The van der Waals surface area contributed by atoms with Gasteiger partial charge < -0.3 is 5.32 Å². The highest BCUT2D eigenvalue weighted by molar-refractivity contribution is 5.28.